The molecule has 1 aromatic carbocycles. The molecule has 5 heterocycles. The molecule has 1 fully saturated rings. The molecule has 2 aliphatic rings. The van der Waals surface area contributed by atoms with E-state index in [1.165, 1.54) is 6.07 Å². The minimum absolute atomic E-state index is 0.170. The molecule has 0 aliphatic carbocycles. The van der Waals surface area contributed by atoms with Gasteiger partial charge in [0.1, 0.15) is 11.6 Å². The van der Waals surface area contributed by atoms with Gasteiger partial charge in [0.15, 0.2) is 5.03 Å². The van der Waals surface area contributed by atoms with Gasteiger partial charge in [-0.15, -0.1) is 0 Å². The number of hydrogen-bond acceptors (Lipinski definition) is 8. The van der Waals surface area contributed by atoms with E-state index in [0.29, 0.717) is 30.5 Å². The SMILES string of the molecule is CC1(C)C[C@@H]2CC[C@H](c3ccccn3)Nc3cccc(n3)S(=O)(=O)NC(=O)c3ccc(Cc4ccccc4)nc3N1C2. The van der Waals surface area contributed by atoms with Gasteiger partial charge in [-0.1, -0.05) is 42.5 Å². The molecule has 216 valence electrons. The Balaban J connectivity index is 1.43. The number of fused-ring (bicyclic) bond motifs is 6. The van der Waals surface area contributed by atoms with Crippen LogP contribution in [0.2, 0.25) is 0 Å². The number of benzene rings is 1. The molecule has 1 amide bonds. The quantitative estimate of drug-likeness (QED) is 0.341. The smallest absolute Gasteiger partial charge is 0.281 e. The second-order valence-corrected chi connectivity index (χ2v) is 13.3. The Hall–Kier alpha value is -4.31. The van der Waals surface area contributed by atoms with E-state index in [9.17, 15) is 13.2 Å². The van der Waals surface area contributed by atoms with Crippen molar-refractivity contribution in [3.8, 4) is 0 Å². The highest BCUT2D eigenvalue weighted by Crippen LogP contribution is 2.40. The van der Waals surface area contributed by atoms with Crippen molar-refractivity contribution in [2.75, 3.05) is 16.8 Å². The molecule has 9 nitrogen and oxygen atoms in total. The van der Waals surface area contributed by atoms with Gasteiger partial charge in [-0.3, -0.25) is 9.78 Å². The molecule has 4 aromatic rings. The first kappa shape index (κ1) is 27.8. The lowest BCUT2D eigenvalue weighted by Crippen LogP contribution is -2.41. The van der Waals surface area contributed by atoms with Crippen LogP contribution >= 0.6 is 0 Å². The first-order valence-corrected chi connectivity index (χ1v) is 15.7. The molecule has 0 saturated carbocycles. The summed E-state index contributed by atoms with van der Waals surface area (Å²) in [5.74, 6) is 0.498. The van der Waals surface area contributed by atoms with E-state index < -0.39 is 15.9 Å². The maximum atomic E-state index is 13.6. The summed E-state index contributed by atoms with van der Waals surface area (Å²) in [7, 11) is -4.27. The van der Waals surface area contributed by atoms with Gasteiger partial charge < -0.3 is 10.2 Å². The third-order valence-electron chi connectivity index (χ3n) is 8.08. The van der Waals surface area contributed by atoms with Crippen LogP contribution in [0.4, 0.5) is 11.6 Å². The van der Waals surface area contributed by atoms with Crippen LogP contribution in [0.25, 0.3) is 0 Å². The molecule has 2 N–H and O–H groups in total. The normalized spacial score (nSPS) is 21.3. The predicted octanol–water partition coefficient (Wildman–Crippen LogP) is 5.13. The fourth-order valence-corrected chi connectivity index (χ4v) is 6.99. The van der Waals surface area contributed by atoms with Crippen molar-refractivity contribution in [2.24, 2.45) is 5.92 Å². The molecular weight excluding hydrogens is 548 g/mol. The molecule has 42 heavy (non-hydrogen) atoms. The molecule has 1 saturated heterocycles. The van der Waals surface area contributed by atoms with Crippen LogP contribution in [-0.4, -0.2) is 41.4 Å². The van der Waals surface area contributed by atoms with Crippen molar-refractivity contribution >= 4 is 27.6 Å². The lowest BCUT2D eigenvalue weighted by atomic mass is 9.91. The van der Waals surface area contributed by atoms with Crippen molar-refractivity contribution in [2.45, 2.75) is 56.1 Å². The average Bonchev–Trinajstić information content (AvgIpc) is 3.29. The molecule has 0 spiro atoms. The highest BCUT2D eigenvalue weighted by Gasteiger charge is 2.41. The largest absolute Gasteiger partial charge is 0.362 e. The van der Waals surface area contributed by atoms with E-state index in [1.54, 1.807) is 30.5 Å². The Kier molecular flexibility index (Phi) is 7.40. The minimum Gasteiger partial charge on any atom is -0.362 e. The number of sulfonamides is 1. The number of carbonyl (C=O) groups is 1. The highest BCUT2D eigenvalue weighted by molar-refractivity contribution is 7.90. The lowest BCUT2D eigenvalue weighted by molar-refractivity contribution is 0.0981. The standard InChI is InChI=1S/C32H34N6O3S/c1-32(2)20-23-14-17-27(26-11-6-7-18-33-26)35-28-12-8-13-29(36-28)42(40,41)37-31(39)25-16-15-24(34-30(25)38(32)21-23)19-22-9-4-3-5-10-22/h3-13,15-16,18,23,27H,14,17,19-21H2,1-2H3,(H,35,36)(H,37,39)/t23-,27+/m0/s1. The van der Waals surface area contributed by atoms with Crippen LogP contribution in [0.1, 0.15) is 66.5 Å². The fraction of sp³-hybridized carbons (Fsp3) is 0.312. The average molecular weight is 583 g/mol. The fourth-order valence-electron chi connectivity index (χ4n) is 6.06. The Morgan fingerprint density at radius 3 is 2.52 bits per heavy atom. The first-order chi connectivity index (χ1) is 20.2. The number of amides is 1. The van der Waals surface area contributed by atoms with E-state index in [1.807, 2.05) is 48.5 Å². The van der Waals surface area contributed by atoms with Gasteiger partial charge in [0, 0.05) is 30.4 Å². The molecule has 2 aliphatic heterocycles. The van der Waals surface area contributed by atoms with Gasteiger partial charge in [0.05, 0.1) is 17.3 Å². The van der Waals surface area contributed by atoms with Crippen LogP contribution in [0.5, 0.6) is 0 Å². The van der Waals surface area contributed by atoms with Gasteiger partial charge in [0.2, 0.25) is 0 Å². The third-order valence-corrected chi connectivity index (χ3v) is 9.31. The summed E-state index contributed by atoms with van der Waals surface area (Å²) in [4.78, 5) is 29.7. The van der Waals surface area contributed by atoms with Crippen molar-refractivity contribution in [3.05, 3.63) is 108 Å². The maximum absolute atomic E-state index is 13.6. The van der Waals surface area contributed by atoms with Gasteiger partial charge in [-0.2, -0.15) is 8.42 Å². The molecule has 0 unspecified atom stereocenters. The molecule has 0 radical (unpaired) electrons. The monoisotopic (exact) mass is 582 g/mol. The Labute approximate surface area is 246 Å². The Morgan fingerprint density at radius 1 is 0.929 bits per heavy atom. The molecule has 2 atom stereocenters. The zero-order chi connectivity index (χ0) is 29.3. The van der Waals surface area contributed by atoms with E-state index in [-0.39, 0.29) is 22.2 Å². The summed E-state index contributed by atoms with van der Waals surface area (Å²) in [6.45, 7) is 5.01. The second-order valence-electron chi connectivity index (χ2n) is 11.7. The summed E-state index contributed by atoms with van der Waals surface area (Å²) in [5.41, 5.74) is 2.69. The maximum Gasteiger partial charge on any atom is 0.281 e. The number of nitrogens with zero attached hydrogens (tertiary/aromatic N) is 4. The first-order valence-electron chi connectivity index (χ1n) is 14.2. The third kappa shape index (κ3) is 5.85. The molecular formula is C32H34N6O3S. The van der Waals surface area contributed by atoms with Crippen LogP contribution < -0.4 is 14.9 Å². The summed E-state index contributed by atoms with van der Waals surface area (Å²) < 4.78 is 29.1. The topological polar surface area (TPSA) is 117 Å². The number of carbonyl (C=O) groups excluding carboxylic acids is 1. The number of hydrogen-bond donors (Lipinski definition) is 2. The second kappa shape index (κ2) is 11.2. The van der Waals surface area contributed by atoms with Crippen molar-refractivity contribution in [3.63, 3.8) is 0 Å². The lowest BCUT2D eigenvalue weighted by Gasteiger charge is -2.34. The number of pyridine rings is 3. The van der Waals surface area contributed by atoms with Crippen LogP contribution in [0.3, 0.4) is 0 Å². The van der Waals surface area contributed by atoms with E-state index in [2.05, 4.69) is 38.8 Å². The van der Waals surface area contributed by atoms with Crippen LogP contribution in [0, 0.1) is 5.92 Å². The Bertz CT molecular complexity index is 1700. The summed E-state index contributed by atoms with van der Waals surface area (Å²) in [6, 6.07) is 23.8. The Morgan fingerprint density at radius 2 is 1.74 bits per heavy atom. The molecule has 6 rings (SSSR count). The summed E-state index contributed by atoms with van der Waals surface area (Å²) in [6.07, 6.45) is 4.93. The summed E-state index contributed by atoms with van der Waals surface area (Å²) >= 11 is 0. The van der Waals surface area contributed by atoms with Crippen LogP contribution in [0.15, 0.2) is 90.1 Å². The van der Waals surface area contributed by atoms with Crippen molar-refractivity contribution in [1.29, 1.82) is 0 Å². The molecule has 3 aromatic heterocycles. The molecule has 10 heteroatoms. The van der Waals surface area contributed by atoms with Crippen LogP contribution in [-0.2, 0) is 16.4 Å². The van der Waals surface area contributed by atoms with Gasteiger partial charge in [0.25, 0.3) is 15.9 Å². The van der Waals surface area contributed by atoms with Crippen molar-refractivity contribution in [1.82, 2.24) is 19.7 Å². The van der Waals surface area contributed by atoms with Gasteiger partial charge in [-0.05, 0) is 81.0 Å². The molecule has 4 bridgehead atoms. The van der Waals surface area contributed by atoms with Gasteiger partial charge in [-0.25, -0.2) is 14.7 Å². The number of rotatable bonds is 3. The number of aromatic nitrogens is 3. The predicted molar refractivity (Wildman–Crippen MR) is 162 cm³/mol. The van der Waals surface area contributed by atoms with Crippen molar-refractivity contribution < 1.29 is 13.2 Å². The summed E-state index contributed by atoms with van der Waals surface area (Å²) in [5, 5.41) is 3.16. The number of anilines is 2. The number of nitrogens with one attached hydrogen (secondary N) is 2. The minimum atomic E-state index is -4.27. The van der Waals surface area contributed by atoms with Gasteiger partial charge >= 0.3 is 0 Å². The zero-order valence-corrected chi connectivity index (χ0v) is 24.5. The van der Waals surface area contributed by atoms with E-state index in [0.717, 1.165) is 36.2 Å². The van der Waals surface area contributed by atoms with E-state index in [4.69, 9.17) is 4.98 Å². The van der Waals surface area contributed by atoms with E-state index >= 15 is 0 Å². The zero-order valence-electron chi connectivity index (χ0n) is 23.7. The highest BCUT2D eigenvalue weighted by atomic mass is 32.2.